The minimum absolute atomic E-state index is 0.130. The summed E-state index contributed by atoms with van der Waals surface area (Å²) in [4.78, 5) is 4.80. The molecule has 2 heteroatoms. The largest absolute Gasteiger partial charge is 0.255 e. The van der Waals surface area contributed by atoms with E-state index in [4.69, 9.17) is 4.99 Å². The van der Waals surface area contributed by atoms with Crippen LogP contribution in [0.1, 0.15) is 94.7 Å². The van der Waals surface area contributed by atoms with E-state index in [0.717, 1.165) is 10.2 Å². The summed E-state index contributed by atoms with van der Waals surface area (Å²) in [6.45, 7) is 4.61. The van der Waals surface area contributed by atoms with Gasteiger partial charge in [-0.25, -0.2) is 0 Å². The second-order valence-corrected chi connectivity index (χ2v) is 10.6. The van der Waals surface area contributed by atoms with Crippen molar-refractivity contribution < 1.29 is 0 Å². The van der Waals surface area contributed by atoms with Gasteiger partial charge in [0.25, 0.3) is 0 Å². The highest BCUT2D eigenvalue weighted by atomic mass is 79.9. The third kappa shape index (κ3) is 5.38. The van der Waals surface area contributed by atoms with Gasteiger partial charge in [0.05, 0.1) is 5.69 Å². The van der Waals surface area contributed by atoms with Gasteiger partial charge in [0.2, 0.25) is 0 Å². The number of rotatable bonds is 12. The lowest BCUT2D eigenvalue weighted by atomic mass is 9.70. The minimum atomic E-state index is 0.130. The molecule has 0 aliphatic heterocycles. The molecule has 0 amide bonds. The average Bonchev–Trinajstić information content (AvgIpc) is 3.14. The SMILES string of the molecule is CCCCCCC1(CCCCCC)c2ccccc2-c2ccc(C=Nc3ccccc3Br)cc21. The molecule has 1 aliphatic rings. The summed E-state index contributed by atoms with van der Waals surface area (Å²) in [5.41, 5.74) is 8.24. The molecule has 3 aromatic rings. The molecule has 0 heterocycles. The van der Waals surface area contributed by atoms with Crippen molar-refractivity contribution >= 4 is 27.8 Å². The molecule has 1 aliphatic carbocycles. The van der Waals surface area contributed by atoms with Crippen molar-refractivity contribution in [1.82, 2.24) is 0 Å². The van der Waals surface area contributed by atoms with Crippen LogP contribution < -0.4 is 0 Å². The van der Waals surface area contributed by atoms with Crippen LogP contribution in [0.25, 0.3) is 11.1 Å². The van der Waals surface area contributed by atoms with Crippen molar-refractivity contribution in [3.8, 4) is 11.1 Å². The molecule has 3 aromatic carbocycles. The number of hydrogen-bond donors (Lipinski definition) is 0. The molecule has 4 rings (SSSR count). The Kier molecular flexibility index (Phi) is 8.78. The second-order valence-electron chi connectivity index (χ2n) is 9.76. The van der Waals surface area contributed by atoms with E-state index < -0.39 is 0 Å². The van der Waals surface area contributed by atoms with Gasteiger partial charge in [-0.1, -0.05) is 114 Å². The van der Waals surface area contributed by atoms with Crippen LogP contribution >= 0.6 is 15.9 Å². The van der Waals surface area contributed by atoms with Crippen molar-refractivity contribution in [3.05, 3.63) is 87.9 Å². The summed E-state index contributed by atoms with van der Waals surface area (Å²) >= 11 is 3.63. The van der Waals surface area contributed by atoms with Crippen molar-refractivity contribution in [2.75, 3.05) is 0 Å². The van der Waals surface area contributed by atoms with Gasteiger partial charge in [0, 0.05) is 16.1 Å². The number of fused-ring (bicyclic) bond motifs is 3. The quantitative estimate of drug-likeness (QED) is 0.168. The Morgan fingerprint density at radius 2 is 1.35 bits per heavy atom. The maximum atomic E-state index is 4.80. The van der Waals surface area contributed by atoms with E-state index in [1.165, 1.54) is 86.5 Å². The predicted octanol–water partition coefficient (Wildman–Crippen LogP) is 10.4. The predicted molar refractivity (Wildman–Crippen MR) is 152 cm³/mol. The number of benzene rings is 3. The lowest BCUT2D eigenvalue weighted by Gasteiger charge is -2.33. The van der Waals surface area contributed by atoms with Gasteiger partial charge >= 0.3 is 0 Å². The normalized spacial score (nSPS) is 13.9. The first-order valence-electron chi connectivity index (χ1n) is 13.2. The summed E-state index contributed by atoms with van der Waals surface area (Å²) in [5, 5.41) is 0. The number of unbranched alkanes of at least 4 members (excludes halogenated alkanes) is 6. The Morgan fingerprint density at radius 3 is 2.06 bits per heavy atom. The molecular formula is C32H38BrN. The van der Waals surface area contributed by atoms with E-state index in [1.807, 2.05) is 24.4 Å². The maximum Gasteiger partial charge on any atom is 0.0771 e. The van der Waals surface area contributed by atoms with Gasteiger partial charge < -0.3 is 0 Å². The molecule has 0 unspecified atom stereocenters. The fourth-order valence-corrected chi connectivity index (χ4v) is 6.01. The van der Waals surface area contributed by atoms with Gasteiger partial charge in [-0.2, -0.15) is 0 Å². The van der Waals surface area contributed by atoms with Crippen molar-refractivity contribution in [3.63, 3.8) is 0 Å². The van der Waals surface area contributed by atoms with Crippen LogP contribution in [-0.2, 0) is 5.41 Å². The van der Waals surface area contributed by atoms with Gasteiger partial charge in [0.15, 0.2) is 0 Å². The molecule has 0 saturated heterocycles. The van der Waals surface area contributed by atoms with Crippen LogP contribution in [0, 0.1) is 0 Å². The van der Waals surface area contributed by atoms with Crippen LogP contribution in [0.4, 0.5) is 5.69 Å². The molecule has 178 valence electrons. The van der Waals surface area contributed by atoms with E-state index in [2.05, 4.69) is 78.3 Å². The highest BCUT2D eigenvalue weighted by molar-refractivity contribution is 9.10. The van der Waals surface area contributed by atoms with Gasteiger partial charge in [-0.15, -0.1) is 0 Å². The van der Waals surface area contributed by atoms with E-state index in [9.17, 15) is 0 Å². The lowest BCUT2D eigenvalue weighted by Crippen LogP contribution is -2.25. The van der Waals surface area contributed by atoms with Gasteiger partial charge in [0.1, 0.15) is 0 Å². The molecule has 0 radical (unpaired) electrons. The van der Waals surface area contributed by atoms with Crippen molar-refractivity contribution in [1.29, 1.82) is 0 Å². The second kappa shape index (κ2) is 12.0. The third-order valence-electron chi connectivity index (χ3n) is 7.41. The van der Waals surface area contributed by atoms with Crippen LogP contribution in [0.5, 0.6) is 0 Å². The fourth-order valence-electron chi connectivity index (χ4n) is 5.62. The Balaban J connectivity index is 1.72. The van der Waals surface area contributed by atoms with Crippen LogP contribution in [-0.4, -0.2) is 6.21 Å². The summed E-state index contributed by atoms with van der Waals surface area (Å²) in [7, 11) is 0. The highest BCUT2D eigenvalue weighted by Crippen LogP contribution is 2.54. The number of hydrogen-bond acceptors (Lipinski definition) is 1. The molecule has 0 fully saturated rings. The van der Waals surface area contributed by atoms with E-state index >= 15 is 0 Å². The molecule has 0 saturated carbocycles. The van der Waals surface area contributed by atoms with E-state index in [1.54, 1.807) is 5.56 Å². The summed E-state index contributed by atoms with van der Waals surface area (Å²) in [6.07, 6.45) is 15.0. The van der Waals surface area contributed by atoms with E-state index in [0.29, 0.717) is 0 Å². The van der Waals surface area contributed by atoms with E-state index in [-0.39, 0.29) is 5.41 Å². The Morgan fingerprint density at radius 1 is 0.706 bits per heavy atom. The number of para-hydroxylation sites is 1. The molecule has 0 aromatic heterocycles. The molecule has 0 spiro atoms. The maximum absolute atomic E-state index is 4.80. The molecule has 0 bridgehead atoms. The third-order valence-corrected chi connectivity index (χ3v) is 8.08. The van der Waals surface area contributed by atoms with Gasteiger partial charge in [-0.05, 0) is 74.8 Å². The number of aliphatic imine (C=N–C) groups is 1. The summed E-state index contributed by atoms with van der Waals surface area (Å²) < 4.78 is 1.03. The van der Waals surface area contributed by atoms with Gasteiger partial charge in [-0.3, -0.25) is 4.99 Å². The zero-order valence-corrected chi connectivity index (χ0v) is 22.4. The Hall–Kier alpha value is -2.19. The summed E-state index contributed by atoms with van der Waals surface area (Å²) in [5.74, 6) is 0. The standard InChI is InChI=1S/C32H38BrN/c1-3-5-7-13-21-32(22-14-8-6-4-2)28-16-10-9-15-26(28)27-20-19-25(23-29(27)32)24-34-31-18-12-11-17-30(31)33/h9-12,15-20,23-24H,3-8,13-14,21-22H2,1-2H3. The molecule has 0 N–H and O–H groups in total. The number of halogens is 1. The summed E-state index contributed by atoms with van der Waals surface area (Å²) in [6, 6.07) is 24.4. The smallest absolute Gasteiger partial charge is 0.0771 e. The Bertz CT molecular complexity index is 1100. The topological polar surface area (TPSA) is 12.4 Å². The lowest BCUT2D eigenvalue weighted by molar-refractivity contribution is 0.401. The first-order chi connectivity index (χ1) is 16.7. The van der Waals surface area contributed by atoms with Crippen molar-refractivity contribution in [2.45, 2.75) is 83.5 Å². The first kappa shape index (κ1) is 24.9. The Labute approximate surface area is 214 Å². The first-order valence-corrected chi connectivity index (χ1v) is 14.0. The highest BCUT2D eigenvalue weighted by Gasteiger charge is 2.42. The van der Waals surface area contributed by atoms with Crippen molar-refractivity contribution in [2.24, 2.45) is 4.99 Å². The zero-order valence-electron chi connectivity index (χ0n) is 20.8. The molecule has 0 atom stereocenters. The minimum Gasteiger partial charge on any atom is -0.255 e. The van der Waals surface area contributed by atoms with Crippen LogP contribution in [0.3, 0.4) is 0 Å². The monoisotopic (exact) mass is 515 g/mol. The van der Waals surface area contributed by atoms with Crippen LogP contribution in [0.2, 0.25) is 0 Å². The molecule has 34 heavy (non-hydrogen) atoms. The van der Waals surface area contributed by atoms with Crippen LogP contribution in [0.15, 0.2) is 76.2 Å². The average molecular weight is 517 g/mol. The molecular weight excluding hydrogens is 478 g/mol. The fraction of sp³-hybridized carbons (Fsp3) is 0.406. The zero-order chi connectivity index (χ0) is 23.8. The molecule has 1 nitrogen and oxygen atoms in total. The number of nitrogens with zero attached hydrogens (tertiary/aromatic N) is 1.